The summed E-state index contributed by atoms with van der Waals surface area (Å²) in [6.07, 6.45) is 0. The third-order valence-electron chi connectivity index (χ3n) is 11.7. The predicted molar refractivity (Wildman–Crippen MR) is 231 cm³/mol. The highest BCUT2D eigenvalue weighted by atomic mass is 16.5. The predicted octanol–water partition coefficient (Wildman–Crippen LogP) is 12.5. The summed E-state index contributed by atoms with van der Waals surface area (Å²) in [5.74, 6) is 3.32. The number of nitrogens with zero attached hydrogens (tertiary/aromatic N) is 2. The van der Waals surface area contributed by atoms with E-state index in [1.165, 1.54) is 21.5 Å². The molecule has 0 aliphatic heterocycles. The molecule has 0 amide bonds. The zero-order chi connectivity index (χ0) is 37.7. The van der Waals surface area contributed by atoms with Gasteiger partial charge in [-0.25, -0.2) is 0 Å². The van der Waals surface area contributed by atoms with Crippen LogP contribution in [0.4, 0.5) is 0 Å². The zero-order valence-corrected chi connectivity index (χ0v) is 31.4. The maximum Gasteiger partial charge on any atom is 0.119 e. The first-order chi connectivity index (χ1) is 27.6. The summed E-state index contributed by atoms with van der Waals surface area (Å²) in [5.41, 5.74) is 6.65. The van der Waals surface area contributed by atoms with E-state index in [1.807, 2.05) is 24.3 Å². The first kappa shape index (κ1) is 32.3. The van der Waals surface area contributed by atoms with Crippen molar-refractivity contribution >= 4 is 86.7 Å². The maximum atomic E-state index is 5.74. The van der Waals surface area contributed by atoms with Crippen LogP contribution in [0, 0.1) is 0 Å². The molecule has 2 aromatic heterocycles. The Bertz CT molecular complexity index is 2980. The van der Waals surface area contributed by atoms with Gasteiger partial charge in [-0.2, -0.15) is 0 Å². The van der Waals surface area contributed by atoms with Crippen molar-refractivity contribution in [1.29, 1.82) is 0 Å². The highest BCUT2D eigenvalue weighted by molar-refractivity contribution is 6.30. The standard InChI is InChI=1S/C50H36N2O4/c1-53-35-17-5-29-9-21-43-47(39(29)25-35)48-40-26-36(54-2)18-6-30(40)10-22-44(48)51(43)33-13-15-34(16-14-33)52-45-23-11-31-7-19-37(55-3)27-41(31)49(45)50-42-28-38(56-4)20-8-32(42)12-24-46(50)52/h5-28H,1-4H3. The van der Waals surface area contributed by atoms with E-state index < -0.39 is 0 Å². The average molecular weight is 729 g/mol. The molecule has 2 heterocycles. The van der Waals surface area contributed by atoms with Crippen LogP contribution in [-0.4, -0.2) is 37.6 Å². The average Bonchev–Trinajstić information content (AvgIpc) is 3.79. The van der Waals surface area contributed by atoms with Gasteiger partial charge in [0.2, 0.25) is 0 Å². The summed E-state index contributed by atoms with van der Waals surface area (Å²) < 4.78 is 27.7. The summed E-state index contributed by atoms with van der Waals surface area (Å²) in [7, 11) is 6.90. The number of benzene rings is 9. The minimum atomic E-state index is 0.830. The summed E-state index contributed by atoms with van der Waals surface area (Å²) in [6, 6.07) is 52.1. The van der Waals surface area contributed by atoms with Crippen molar-refractivity contribution in [2.75, 3.05) is 28.4 Å². The molecule has 0 radical (unpaired) electrons. The zero-order valence-electron chi connectivity index (χ0n) is 31.4. The molecule has 11 rings (SSSR count). The molecular weight excluding hydrogens is 693 g/mol. The summed E-state index contributed by atoms with van der Waals surface area (Å²) >= 11 is 0. The van der Waals surface area contributed by atoms with Gasteiger partial charge in [0.1, 0.15) is 23.0 Å². The van der Waals surface area contributed by atoms with Gasteiger partial charge >= 0.3 is 0 Å². The Morgan fingerprint density at radius 1 is 0.286 bits per heavy atom. The number of hydrogen-bond acceptors (Lipinski definition) is 4. The summed E-state index contributed by atoms with van der Waals surface area (Å²) in [5, 5.41) is 14.0. The number of methoxy groups -OCH3 is 4. The number of rotatable bonds is 6. The van der Waals surface area contributed by atoms with E-state index in [4.69, 9.17) is 18.9 Å². The van der Waals surface area contributed by atoms with Crippen LogP contribution in [0.25, 0.3) is 98.1 Å². The second-order valence-electron chi connectivity index (χ2n) is 14.4. The van der Waals surface area contributed by atoms with Crippen molar-refractivity contribution in [3.63, 3.8) is 0 Å². The van der Waals surface area contributed by atoms with Gasteiger partial charge in [-0.15, -0.1) is 0 Å². The minimum absolute atomic E-state index is 0.830. The van der Waals surface area contributed by atoms with E-state index in [-0.39, 0.29) is 0 Å². The fourth-order valence-corrected chi connectivity index (χ4v) is 9.02. The molecule has 0 aliphatic carbocycles. The Kier molecular flexibility index (Phi) is 7.01. The largest absolute Gasteiger partial charge is 0.497 e. The molecule has 270 valence electrons. The molecule has 6 nitrogen and oxygen atoms in total. The molecule has 56 heavy (non-hydrogen) atoms. The molecule has 0 N–H and O–H groups in total. The van der Waals surface area contributed by atoms with Gasteiger partial charge in [0.05, 0.1) is 50.5 Å². The molecule has 0 unspecified atom stereocenters. The van der Waals surface area contributed by atoms with Crippen molar-refractivity contribution in [3.8, 4) is 34.4 Å². The third kappa shape index (κ3) is 4.56. The van der Waals surface area contributed by atoms with Crippen molar-refractivity contribution in [3.05, 3.63) is 146 Å². The summed E-state index contributed by atoms with van der Waals surface area (Å²) in [4.78, 5) is 0. The van der Waals surface area contributed by atoms with Crippen molar-refractivity contribution in [2.24, 2.45) is 0 Å². The lowest BCUT2D eigenvalue weighted by Gasteiger charge is -2.12. The molecule has 0 spiro atoms. The summed E-state index contributed by atoms with van der Waals surface area (Å²) in [6.45, 7) is 0. The molecule has 0 aliphatic rings. The molecule has 0 fully saturated rings. The molecular formula is C50H36N2O4. The van der Waals surface area contributed by atoms with Crippen LogP contribution in [0.1, 0.15) is 0 Å². The van der Waals surface area contributed by atoms with Crippen LogP contribution in [0.15, 0.2) is 146 Å². The van der Waals surface area contributed by atoms with Gasteiger partial charge in [0, 0.05) is 32.9 Å². The smallest absolute Gasteiger partial charge is 0.119 e. The molecule has 9 aromatic carbocycles. The second kappa shape index (κ2) is 12.2. The van der Waals surface area contributed by atoms with E-state index in [0.717, 1.165) is 99.5 Å². The molecule has 11 aromatic rings. The Hall–Kier alpha value is -7.18. The van der Waals surface area contributed by atoms with E-state index in [9.17, 15) is 0 Å². The number of aromatic nitrogens is 2. The Labute approximate surface area is 322 Å². The minimum Gasteiger partial charge on any atom is -0.497 e. The van der Waals surface area contributed by atoms with E-state index in [2.05, 4.69) is 130 Å². The quantitative estimate of drug-likeness (QED) is 0.171. The lowest BCUT2D eigenvalue weighted by molar-refractivity contribution is 0.415. The van der Waals surface area contributed by atoms with Gasteiger partial charge < -0.3 is 28.1 Å². The maximum absolute atomic E-state index is 5.74. The van der Waals surface area contributed by atoms with Gasteiger partial charge in [0.15, 0.2) is 0 Å². The lowest BCUT2D eigenvalue weighted by Crippen LogP contribution is -1.97. The van der Waals surface area contributed by atoms with Crippen LogP contribution in [0.5, 0.6) is 23.0 Å². The Balaban J connectivity index is 1.19. The van der Waals surface area contributed by atoms with E-state index >= 15 is 0 Å². The molecule has 0 atom stereocenters. The van der Waals surface area contributed by atoms with Crippen molar-refractivity contribution < 1.29 is 18.9 Å². The molecule has 0 saturated carbocycles. The lowest BCUT2D eigenvalue weighted by atomic mass is 9.99. The van der Waals surface area contributed by atoms with E-state index in [0.29, 0.717) is 0 Å². The highest BCUT2D eigenvalue weighted by Gasteiger charge is 2.21. The topological polar surface area (TPSA) is 46.8 Å². The normalized spacial score (nSPS) is 11.9. The SMILES string of the molecule is COc1ccc2ccc3c(c2c1)c1c2cc(OC)ccc2ccc1n3-c1ccc(-n2c3ccc4ccc(OC)cc4c3c3c4cc(OC)ccc4ccc32)cc1. The molecule has 6 heteroatoms. The molecule has 0 bridgehead atoms. The Morgan fingerprint density at radius 2 is 0.518 bits per heavy atom. The van der Waals surface area contributed by atoms with Gasteiger partial charge in [-0.1, -0.05) is 48.5 Å². The Morgan fingerprint density at radius 3 is 0.750 bits per heavy atom. The number of fused-ring (bicyclic) bond motifs is 14. The van der Waals surface area contributed by atoms with Crippen LogP contribution in [0.2, 0.25) is 0 Å². The first-order valence-electron chi connectivity index (χ1n) is 18.7. The second-order valence-corrected chi connectivity index (χ2v) is 14.4. The third-order valence-corrected chi connectivity index (χ3v) is 11.7. The van der Waals surface area contributed by atoms with Gasteiger partial charge in [-0.3, -0.25) is 0 Å². The fraction of sp³-hybridized carbons (Fsp3) is 0.0800. The van der Waals surface area contributed by atoms with Gasteiger partial charge in [0.25, 0.3) is 0 Å². The van der Waals surface area contributed by atoms with Crippen molar-refractivity contribution in [1.82, 2.24) is 9.13 Å². The molecule has 0 saturated heterocycles. The van der Waals surface area contributed by atoms with Gasteiger partial charge in [-0.05, 0) is 140 Å². The number of hydrogen-bond donors (Lipinski definition) is 0. The van der Waals surface area contributed by atoms with Crippen LogP contribution in [0.3, 0.4) is 0 Å². The van der Waals surface area contributed by atoms with Crippen LogP contribution >= 0.6 is 0 Å². The van der Waals surface area contributed by atoms with Crippen LogP contribution < -0.4 is 18.9 Å². The number of ether oxygens (including phenoxy) is 4. The first-order valence-corrected chi connectivity index (χ1v) is 18.7. The van der Waals surface area contributed by atoms with Crippen molar-refractivity contribution in [2.45, 2.75) is 0 Å². The van der Waals surface area contributed by atoms with Crippen LogP contribution in [-0.2, 0) is 0 Å². The monoisotopic (exact) mass is 728 g/mol. The highest BCUT2D eigenvalue weighted by Crippen LogP contribution is 2.44. The fourth-order valence-electron chi connectivity index (χ4n) is 9.02. The van der Waals surface area contributed by atoms with E-state index in [1.54, 1.807) is 28.4 Å².